The van der Waals surface area contributed by atoms with Gasteiger partial charge in [-0.15, -0.1) is 0 Å². The van der Waals surface area contributed by atoms with Crippen LogP contribution in [0.25, 0.3) is 0 Å². The second-order valence-corrected chi connectivity index (χ2v) is 7.16. The summed E-state index contributed by atoms with van der Waals surface area (Å²) in [6.07, 6.45) is 0.397. The van der Waals surface area contributed by atoms with E-state index in [0.717, 1.165) is 10.5 Å². The molecule has 0 unspecified atom stereocenters. The third-order valence-electron chi connectivity index (χ3n) is 2.63. The van der Waals surface area contributed by atoms with Gasteiger partial charge in [-0.1, -0.05) is 0 Å². The number of sulfonamides is 1. The quantitative estimate of drug-likeness (QED) is 0.657. The number of carboxylic acid groups (broad SMARTS) is 1. The van der Waals surface area contributed by atoms with Crippen molar-refractivity contribution in [3.8, 4) is 0 Å². The maximum Gasteiger partial charge on any atom is 0.325 e. The monoisotopic (exact) mass is 319 g/mol. The van der Waals surface area contributed by atoms with E-state index in [1.54, 1.807) is 20.8 Å². The Morgan fingerprint density at radius 2 is 1.90 bits per heavy atom. The zero-order chi connectivity index (χ0) is 16.4. The van der Waals surface area contributed by atoms with Gasteiger partial charge in [0.05, 0.1) is 6.42 Å². The van der Waals surface area contributed by atoms with Gasteiger partial charge in [0, 0.05) is 18.3 Å². The Balaban J connectivity index is 3.37. The molecule has 0 radical (unpaired) electrons. The van der Waals surface area contributed by atoms with E-state index in [2.05, 4.69) is 4.98 Å². The van der Waals surface area contributed by atoms with E-state index >= 15 is 0 Å². The van der Waals surface area contributed by atoms with E-state index in [1.807, 2.05) is 4.98 Å². The highest BCUT2D eigenvalue weighted by molar-refractivity contribution is 7.89. The summed E-state index contributed by atoms with van der Waals surface area (Å²) >= 11 is 0. The van der Waals surface area contributed by atoms with Crippen molar-refractivity contribution in [3.05, 3.63) is 27.0 Å². The first-order valence-corrected chi connectivity index (χ1v) is 7.47. The van der Waals surface area contributed by atoms with Gasteiger partial charge in [-0.25, -0.2) is 13.2 Å². The molecule has 10 heteroatoms. The predicted molar refractivity (Wildman–Crippen MR) is 73.6 cm³/mol. The van der Waals surface area contributed by atoms with Gasteiger partial charge in [-0.2, -0.15) is 4.31 Å². The highest BCUT2D eigenvalue weighted by atomic mass is 32.2. The molecule has 0 aliphatic heterocycles. The minimum absolute atomic E-state index is 0.292. The van der Waals surface area contributed by atoms with Crippen molar-refractivity contribution < 1.29 is 18.3 Å². The molecule has 0 saturated heterocycles. The first-order valence-electron chi connectivity index (χ1n) is 6.03. The molecule has 21 heavy (non-hydrogen) atoms. The van der Waals surface area contributed by atoms with Crippen molar-refractivity contribution in [1.29, 1.82) is 0 Å². The van der Waals surface area contributed by atoms with E-state index in [9.17, 15) is 22.8 Å². The normalized spacial score (nSPS) is 12.6. The summed E-state index contributed by atoms with van der Waals surface area (Å²) in [5.74, 6) is -1.16. The first kappa shape index (κ1) is 17.1. The summed E-state index contributed by atoms with van der Waals surface area (Å²) in [5.41, 5.74) is -2.81. The minimum Gasteiger partial charge on any atom is -0.481 e. The van der Waals surface area contributed by atoms with Gasteiger partial charge < -0.3 is 10.1 Å². The molecule has 0 fully saturated rings. The summed E-state index contributed by atoms with van der Waals surface area (Å²) < 4.78 is 25.9. The van der Waals surface area contributed by atoms with Crippen LogP contribution < -0.4 is 11.2 Å². The number of nitrogens with zero attached hydrogens (tertiary/aromatic N) is 1. The van der Waals surface area contributed by atoms with E-state index in [1.165, 1.54) is 0 Å². The Bertz CT molecular complexity index is 740. The van der Waals surface area contributed by atoms with Crippen LogP contribution in [0.2, 0.25) is 0 Å². The molecule has 0 amide bonds. The molecule has 3 N–H and O–H groups in total. The second-order valence-electron chi connectivity index (χ2n) is 5.33. The van der Waals surface area contributed by atoms with Gasteiger partial charge in [0.25, 0.3) is 15.6 Å². The molecule has 1 aromatic heterocycles. The largest absolute Gasteiger partial charge is 0.481 e. The van der Waals surface area contributed by atoms with Gasteiger partial charge in [0.2, 0.25) is 0 Å². The van der Waals surface area contributed by atoms with Crippen LogP contribution in [-0.2, 0) is 14.8 Å². The number of hydrogen-bond donors (Lipinski definition) is 3. The minimum atomic E-state index is -4.25. The number of carbonyl (C=O) groups is 1. The predicted octanol–water partition coefficient (Wildman–Crippen LogP) is -0.673. The molecule has 1 rings (SSSR count). The maximum absolute atomic E-state index is 12.5. The Hall–Kier alpha value is -1.94. The van der Waals surface area contributed by atoms with Crippen LogP contribution in [0.15, 0.2) is 20.7 Å². The number of aromatic amines is 2. The Morgan fingerprint density at radius 1 is 1.33 bits per heavy atom. The lowest BCUT2D eigenvalue weighted by Gasteiger charge is -2.33. The smallest absolute Gasteiger partial charge is 0.325 e. The summed E-state index contributed by atoms with van der Waals surface area (Å²) in [5, 5.41) is 8.72. The number of H-pyrrole nitrogens is 2. The molecule has 0 saturated carbocycles. The lowest BCUT2D eigenvalue weighted by Crippen LogP contribution is -2.48. The van der Waals surface area contributed by atoms with Gasteiger partial charge in [0.15, 0.2) is 4.90 Å². The molecular formula is C11H17N3O6S. The van der Waals surface area contributed by atoms with Crippen molar-refractivity contribution in [2.75, 3.05) is 6.54 Å². The van der Waals surface area contributed by atoms with Crippen molar-refractivity contribution in [2.45, 2.75) is 37.6 Å². The van der Waals surface area contributed by atoms with Crippen LogP contribution in [0.3, 0.4) is 0 Å². The topological polar surface area (TPSA) is 140 Å². The van der Waals surface area contributed by atoms with Crippen molar-refractivity contribution in [1.82, 2.24) is 14.3 Å². The second kappa shape index (κ2) is 5.82. The molecular weight excluding hydrogens is 302 g/mol. The Kier molecular flexibility index (Phi) is 4.74. The summed E-state index contributed by atoms with van der Waals surface area (Å²) in [6, 6.07) is 0. The van der Waals surface area contributed by atoms with Crippen molar-refractivity contribution in [2.24, 2.45) is 0 Å². The molecule has 9 nitrogen and oxygen atoms in total. The van der Waals surface area contributed by atoms with E-state index in [0.29, 0.717) is 0 Å². The van der Waals surface area contributed by atoms with Crippen LogP contribution in [-0.4, -0.2) is 45.9 Å². The Labute approximate surface area is 120 Å². The molecule has 0 atom stereocenters. The Morgan fingerprint density at radius 3 is 2.33 bits per heavy atom. The zero-order valence-electron chi connectivity index (χ0n) is 11.8. The fourth-order valence-corrected chi connectivity index (χ4v) is 3.50. The number of hydrogen-bond acceptors (Lipinski definition) is 5. The molecule has 1 heterocycles. The molecule has 0 aromatic carbocycles. The first-order chi connectivity index (χ1) is 9.46. The lowest BCUT2D eigenvalue weighted by atomic mass is 10.1. The van der Waals surface area contributed by atoms with Crippen LogP contribution in [0.4, 0.5) is 0 Å². The van der Waals surface area contributed by atoms with Crippen LogP contribution in [0.5, 0.6) is 0 Å². The number of nitrogens with one attached hydrogen (secondary N) is 2. The van der Waals surface area contributed by atoms with E-state index in [4.69, 9.17) is 5.11 Å². The molecule has 0 aliphatic rings. The number of carboxylic acids is 1. The third kappa shape index (κ3) is 4.02. The van der Waals surface area contributed by atoms with Gasteiger partial charge in [0.1, 0.15) is 0 Å². The zero-order valence-corrected chi connectivity index (χ0v) is 12.7. The van der Waals surface area contributed by atoms with Crippen molar-refractivity contribution >= 4 is 16.0 Å². The van der Waals surface area contributed by atoms with E-state index in [-0.39, 0.29) is 6.54 Å². The molecule has 0 spiro atoms. The van der Waals surface area contributed by atoms with Crippen LogP contribution in [0.1, 0.15) is 27.2 Å². The van der Waals surface area contributed by atoms with Crippen LogP contribution >= 0.6 is 0 Å². The molecule has 0 bridgehead atoms. The SMILES string of the molecule is CC(C)(C)N(CCC(=O)O)S(=O)(=O)c1c[nH]c(=O)[nH]c1=O. The molecule has 1 aromatic rings. The summed E-state index contributed by atoms with van der Waals surface area (Å²) in [7, 11) is -4.25. The average molecular weight is 319 g/mol. The molecule has 118 valence electrons. The number of aromatic nitrogens is 2. The average Bonchev–Trinajstić information content (AvgIpc) is 2.25. The highest BCUT2D eigenvalue weighted by Crippen LogP contribution is 2.22. The number of aliphatic carboxylic acids is 1. The standard InChI is InChI=1S/C11H17N3O6S/c1-11(2,3)14(5-4-8(15)16)21(19,20)7-6-12-10(18)13-9(7)17/h6H,4-5H2,1-3H3,(H,15,16)(H2,12,13,17,18). The summed E-state index contributed by atoms with van der Waals surface area (Å²) in [6.45, 7) is 4.44. The number of rotatable bonds is 5. The van der Waals surface area contributed by atoms with Gasteiger partial charge in [-0.05, 0) is 20.8 Å². The fourth-order valence-electron chi connectivity index (χ4n) is 1.72. The third-order valence-corrected chi connectivity index (χ3v) is 4.80. The van der Waals surface area contributed by atoms with Gasteiger partial charge >= 0.3 is 11.7 Å². The van der Waals surface area contributed by atoms with Gasteiger partial charge in [-0.3, -0.25) is 14.6 Å². The molecule has 0 aliphatic carbocycles. The van der Waals surface area contributed by atoms with Crippen LogP contribution in [0, 0.1) is 0 Å². The lowest BCUT2D eigenvalue weighted by molar-refractivity contribution is -0.137. The highest BCUT2D eigenvalue weighted by Gasteiger charge is 2.35. The fraction of sp³-hybridized carbons (Fsp3) is 0.545. The van der Waals surface area contributed by atoms with Crippen molar-refractivity contribution in [3.63, 3.8) is 0 Å². The summed E-state index contributed by atoms with van der Waals surface area (Å²) in [4.78, 5) is 36.6. The maximum atomic E-state index is 12.5. The van der Waals surface area contributed by atoms with E-state index < -0.39 is 44.1 Å².